The number of hydrogen-bond donors (Lipinski definition) is 1. The second kappa shape index (κ2) is 5.61. The Morgan fingerprint density at radius 1 is 1.46 bits per heavy atom. The first-order valence-electron chi connectivity index (χ1n) is 5.64. The minimum atomic E-state index is 0.688. The highest BCUT2D eigenvalue weighted by atomic mass is 15.2. The average Bonchev–Trinajstić information content (AvgIpc) is 2.03. The molecular weight excluding hydrogens is 160 g/mol. The fourth-order valence-electron chi connectivity index (χ4n) is 1.94. The molecule has 1 N–H and O–H groups in total. The van der Waals surface area contributed by atoms with Gasteiger partial charge in [0, 0.05) is 25.7 Å². The van der Waals surface area contributed by atoms with Gasteiger partial charge in [0.1, 0.15) is 0 Å². The zero-order chi connectivity index (χ0) is 9.68. The number of piperazine rings is 1. The summed E-state index contributed by atoms with van der Waals surface area (Å²) in [5, 5.41) is 3.47. The van der Waals surface area contributed by atoms with Crippen molar-refractivity contribution < 1.29 is 0 Å². The van der Waals surface area contributed by atoms with Crippen LogP contribution in [0.15, 0.2) is 0 Å². The van der Waals surface area contributed by atoms with Gasteiger partial charge < -0.3 is 10.2 Å². The molecule has 1 atom stereocenters. The third-order valence-electron chi connectivity index (χ3n) is 2.71. The minimum Gasteiger partial charge on any atom is -0.312 e. The lowest BCUT2D eigenvalue weighted by molar-refractivity contribution is 0.201. The van der Waals surface area contributed by atoms with Crippen molar-refractivity contribution in [1.82, 2.24) is 10.2 Å². The molecule has 0 radical (unpaired) electrons. The quantitative estimate of drug-likeness (QED) is 0.715. The highest BCUT2D eigenvalue weighted by Gasteiger charge is 2.14. The molecule has 2 nitrogen and oxygen atoms in total. The van der Waals surface area contributed by atoms with Crippen molar-refractivity contribution in [2.75, 3.05) is 26.2 Å². The molecule has 0 aromatic heterocycles. The van der Waals surface area contributed by atoms with Crippen LogP contribution in [0.25, 0.3) is 0 Å². The second-order valence-corrected chi connectivity index (χ2v) is 4.69. The van der Waals surface area contributed by atoms with Gasteiger partial charge >= 0.3 is 0 Å². The zero-order valence-electron chi connectivity index (χ0n) is 9.34. The van der Waals surface area contributed by atoms with E-state index < -0.39 is 0 Å². The van der Waals surface area contributed by atoms with Crippen LogP contribution < -0.4 is 5.32 Å². The summed E-state index contributed by atoms with van der Waals surface area (Å²) in [6.07, 6.45) is 2.74. The molecule has 0 aromatic rings. The Balaban J connectivity index is 2.06. The summed E-state index contributed by atoms with van der Waals surface area (Å²) in [6.45, 7) is 11.8. The Morgan fingerprint density at radius 2 is 2.23 bits per heavy atom. The fourth-order valence-corrected chi connectivity index (χ4v) is 1.94. The first kappa shape index (κ1) is 11.0. The van der Waals surface area contributed by atoms with Gasteiger partial charge in [-0.1, -0.05) is 13.8 Å². The van der Waals surface area contributed by atoms with Crippen LogP contribution in [0.3, 0.4) is 0 Å². The molecule has 0 amide bonds. The predicted octanol–water partition coefficient (Wildman–Crippen LogP) is 1.72. The summed E-state index contributed by atoms with van der Waals surface area (Å²) in [4.78, 5) is 2.59. The fraction of sp³-hybridized carbons (Fsp3) is 1.00. The van der Waals surface area contributed by atoms with E-state index in [1.165, 1.54) is 39.0 Å². The lowest BCUT2D eigenvalue weighted by atomic mass is 10.1. The first-order chi connectivity index (χ1) is 6.18. The molecule has 1 rings (SSSR count). The molecule has 1 aliphatic heterocycles. The molecular formula is C11H24N2. The van der Waals surface area contributed by atoms with E-state index >= 15 is 0 Å². The highest BCUT2D eigenvalue weighted by Crippen LogP contribution is 2.06. The number of nitrogens with one attached hydrogen (secondary N) is 1. The smallest absolute Gasteiger partial charge is 0.0167 e. The van der Waals surface area contributed by atoms with Crippen LogP contribution in [-0.4, -0.2) is 37.1 Å². The third kappa shape index (κ3) is 4.63. The van der Waals surface area contributed by atoms with Gasteiger partial charge in [-0.2, -0.15) is 0 Å². The molecule has 0 bridgehead atoms. The Morgan fingerprint density at radius 3 is 2.85 bits per heavy atom. The van der Waals surface area contributed by atoms with Crippen molar-refractivity contribution >= 4 is 0 Å². The molecule has 1 aliphatic rings. The number of rotatable bonds is 4. The van der Waals surface area contributed by atoms with Crippen LogP contribution in [0.2, 0.25) is 0 Å². The average molecular weight is 184 g/mol. The SMILES string of the molecule is CC(C)CCCN1CCNC(C)C1. The molecule has 0 aromatic carbocycles. The van der Waals surface area contributed by atoms with E-state index in [1.807, 2.05) is 0 Å². The zero-order valence-corrected chi connectivity index (χ0v) is 9.34. The molecule has 1 heterocycles. The Bertz CT molecular complexity index is 134. The lowest BCUT2D eigenvalue weighted by Gasteiger charge is -2.31. The summed E-state index contributed by atoms with van der Waals surface area (Å²) in [5.74, 6) is 0.861. The Labute approximate surface area is 82.7 Å². The van der Waals surface area contributed by atoms with Crippen molar-refractivity contribution in [3.05, 3.63) is 0 Å². The van der Waals surface area contributed by atoms with E-state index in [2.05, 4.69) is 31.0 Å². The molecule has 0 spiro atoms. The van der Waals surface area contributed by atoms with Crippen LogP contribution in [-0.2, 0) is 0 Å². The van der Waals surface area contributed by atoms with Crippen molar-refractivity contribution in [3.8, 4) is 0 Å². The monoisotopic (exact) mass is 184 g/mol. The molecule has 2 heteroatoms. The maximum atomic E-state index is 3.47. The van der Waals surface area contributed by atoms with Gasteiger partial charge in [-0.05, 0) is 32.2 Å². The first-order valence-corrected chi connectivity index (χ1v) is 5.64. The van der Waals surface area contributed by atoms with E-state index in [0.717, 1.165) is 5.92 Å². The van der Waals surface area contributed by atoms with Crippen LogP contribution in [0.5, 0.6) is 0 Å². The topological polar surface area (TPSA) is 15.3 Å². The molecule has 0 saturated carbocycles. The maximum absolute atomic E-state index is 3.47. The third-order valence-corrected chi connectivity index (χ3v) is 2.71. The predicted molar refractivity (Wildman–Crippen MR) is 58.0 cm³/mol. The van der Waals surface area contributed by atoms with Gasteiger partial charge in [0.25, 0.3) is 0 Å². The van der Waals surface area contributed by atoms with Crippen molar-refractivity contribution in [3.63, 3.8) is 0 Å². The summed E-state index contributed by atoms with van der Waals surface area (Å²) in [7, 11) is 0. The van der Waals surface area contributed by atoms with Crippen molar-refractivity contribution in [2.24, 2.45) is 5.92 Å². The van der Waals surface area contributed by atoms with Crippen LogP contribution in [0.4, 0.5) is 0 Å². The van der Waals surface area contributed by atoms with Crippen LogP contribution in [0, 0.1) is 5.92 Å². The van der Waals surface area contributed by atoms with Crippen LogP contribution in [0.1, 0.15) is 33.6 Å². The minimum absolute atomic E-state index is 0.688. The number of hydrogen-bond acceptors (Lipinski definition) is 2. The van der Waals surface area contributed by atoms with Gasteiger partial charge in [0.05, 0.1) is 0 Å². The van der Waals surface area contributed by atoms with E-state index in [-0.39, 0.29) is 0 Å². The maximum Gasteiger partial charge on any atom is 0.0167 e. The Hall–Kier alpha value is -0.0800. The largest absolute Gasteiger partial charge is 0.312 e. The summed E-state index contributed by atoms with van der Waals surface area (Å²) in [5.41, 5.74) is 0. The summed E-state index contributed by atoms with van der Waals surface area (Å²) < 4.78 is 0. The van der Waals surface area contributed by atoms with Gasteiger partial charge in [-0.15, -0.1) is 0 Å². The van der Waals surface area contributed by atoms with Gasteiger partial charge in [-0.3, -0.25) is 0 Å². The summed E-state index contributed by atoms with van der Waals surface area (Å²) in [6, 6.07) is 0.688. The van der Waals surface area contributed by atoms with E-state index in [9.17, 15) is 0 Å². The van der Waals surface area contributed by atoms with E-state index in [4.69, 9.17) is 0 Å². The van der Waals surface area contributed by atoms with Crippen LogP contribution >= 0.6 is 0 Å². The highest BCUT2D eigenvalue weighted by molar-refractivity contribution is 4.74. The molecule has 13 heavy (non-hydrogen) atoms. The van der Waals surface area contributed by atoms with Gasteiger partial charge in [0.2, 0.25) is 0 Å². The normalized spacial score (nSPS) is 25.4. The van der Waals surface area contributed by atoms with Gasteiger partial charge in [-0.25, -0.2) is 0 Å². The van der Waals surface area contributed by atoms with E-state index in [0.29, 0.717) is 6.04 Å². The molecule has 1 unspecified atom stereocenters. The van der Waals surface area contributed by atoms with E-state index in [1.54, 1.807) is 0 Å². The summed E-state index contributed by atoms with van der Waals surface area (Å²) >= 11 is 0. The standard InChI is InChI=1S/C11H24N2/c1-10(2)5-4-7-13-8-6-12-11(3)9-13/h10-12H,4-9H2,1-3H3. The molecule has 0 aliphatic carbocycles. The number of nitrogens with zero attached hydrogens (tertiary/aromatic N) is 1. The molecule has 1 saturated heterocycles. The molecule has 78 valence electrons. The van der Waals surface area contributed by atoms with Crippen molar-refractivity contribution in [2.45, 2.75) is 39.7 Å². The lowest BCUT2D eigenvalue weighted by Crippen LogP contribution is -2.49. The van der Waals surface area contributed by atoms with Crippen molar-refractivity contribution in [1.29, 1.82) is 0 Å². The second-order valence-electron chi connectivity index (χ2n) is 4.69. The Kier molecular flexibility index (Phi) is 4.74. The van der Waals surface area contributed by atoms with Gasteiger partial charge in [0.15, 0.2) is 0 Å². The molecule has 1 fully saturated rings.